The van der Waals surface area contributed by atoms with Gasteiger partial charge in [-0.05, 0) is 27.7 Å². The van der Waals surface area contributed by atoms with Crippen LogP contribution in [0.4, 0.5) is 0 Å². The third kappa shape index (κ3) is 3.19. The fourth-order valence-corrected chi connectivity index (χ4v) is 2.20. The second-order valence-electron chi connectivity index (χ2n) is 5.40. The van der Waals surface area contributed by atoms with Crippen LogP contribution in [0.25, 0.3) is 4.85 Å². The third-order valence-corrected chi connectivity index (χ3v) is 3.41. The summed E-state index contributed by atoms with van der Waals surface area (Å²) >= 11 is 0. The van der Waals surface area contributed by atoms with E-state index in [1.165, 1.54) is 0 Å². The Morgan fingerprint density at radius 1 is 1.29 bits per heavy atom. The maximum atomic E-state index is 12.1. The van der Waals surface area contributed by atoms with Gasteiger partial charge in [0.15, 0.2) is 0 Å². The normalized spacial score (nSPS) is 20.3. The maximum Gasteiger partial charge on any atom is 0.311 e. The molecule has 1 fully saturated rings. The molecular weight excluding hydrogens is 214 g/mol. The quantitative estimate of drug-likeness (QED) is 0.758. The van der Waals surface area contributed by atoms with Crippen LogP contribution in [0.15, 0.2) is 0 Å². The molecule has 1 aliphatic rings. The number of nitrogens with one attached hydrogen (secondary N) is 1. The molecule has 4 nitrogen and oxygen atoms in total. The van der Waals surface area contributed by atoms with E-state index in [-0.39, 0.29) is 11.9 Å². The SMILES string of the molecule is [C-]#[N+]C1(C(=O)NC(C)C)CCN(C(C)C)CC1. The number of nitrogens with zero attached hydrogens (tertiary/aromatic N) is 2. The van der Waals surface area contributed by atoms with Gasteiger partial charge in [-0.25, -0.2) is 6.57 Å². The van der Waals surface area contributed by atoms with Crippen molar-refractivity contribution >= 4 is 5.91 Å². The summed E-state index contributed by atoms with van der Waals surface area (Å²) in [6, 6.07) is 0.594. The van der Waals surface area contributed by atoms with Gasteiger partial charge < -0.3 is 10.2 Å². The second-order valence-corrected chi connectivity index (χ2v) is 5.40. The van der Waals surface area contributed by atoms with Gasteiger partial charge in [0, 0.05) is 38.0 Å². The van der Waals surface area contributed by atoms with Gasteiger partial charge >= 0.3 is 11.4 Å². The first kappa shape index (κ1) is 14.0. The van der Waals surface area contributed by atoms with Crippen LogP contribution in [-0.2, 0) is 4.79 Å². The van der Waals surface area contributed by atoms with E-state index in [2.05, 4.69) is 28.9 Å². The van der Waals surface area contributed by atoms with Crippen molar-refractivity contribution in [3.05, 3.63) is 11.4 Å². The molecule has 0 radical (unpaired) electrons. The Bertz CT molecular complexity index is 309. The molecule has 17 heavy (non-hydrogen) atoms. The molecule has 1 heterocycles. The van der Waals surface area contributed by atoms with Crippen LogP contribution in [0.1, 0.15) is 40.5 Å². The molecule has 4 heteroatoms. The minimum absolute atomic E-state index is 0.0918. The minimum Gasteiger partial charge on any atom is -0.347 e. The van der Waals surface area contributed by atoms with Gasteiger partial charge in [-0.3, -0.25) is 9.64 Å². The predicted molar refractivity (Wildman–Crippen MR) is 68.6 cm³/mol. The number of carbonyl (C=O) groups excluding carboxylic acids is 1. The first-order valence-corrected chi connectivity index (χ1v) is 6.35. The van der Waals surface area contributed by atoms with Crippen molar-refractivity contribution < 1.29 is 4.79 Å². The number of carbonyl (C=O) groups is 1. The first-order chi connectivity index (χ1) is 7.91. The molecule has 1 saturated heterocycles. The number of amides is 1. The molecule has 1 rings (SSSR count). The lowest BCUT2D eigenvalue weighted by Gasteiger charge is -2.35. The predicted octanol–water partition coefficient (Wildman–Crippen LogP) is 1.67. The van der Waals surface area contributed by atoms with Crippen molar-refractivity contribution in [2.24, 2.45) is 0 Å². The molecule has 0 aromatic carbocycles. The molecule has 0 spiro atoms. The van der Waals surface area contributed by atoms with Crippen molar-refractivity contribution in [3.8, 4) is 0 Å². The summed E-state index contributed by atoms with van der Waals surface area (Å²) in [6.45, 7) is 17.2. The van der Waals surface area contributed by atoms with Crippen LogP contribution < -0.4 is 5.32 Å². The number of hydrogen-bond acceptors (Lipinski definition) is 2. The summed E-state index contributed by atoms with van der Waals surface area (Å²) in [6.07, 6.45) is 1.29. The highest BCUT2D eigenvalue weighted by atomic mass is 16.2. The number of rotatable bonds is 3. The minimum atomic E-state index is -0.824. The molecule has 0 unspecified atom stereocenters. The lowest BCUT2D eigenvalue weighted by molar-refractivity contribution is -0.127. The zero-order valence-electron chi connectivity index (χ0n) is 11.3. The highest BCUT2D eigenvalue weighted by Crippen LogP contribution is 2.28. The van der Waals surface area contributed by atoms with Gasteiger partial charge in [0.25, 0.3) is 0 Å². The zero-order chi connectivity index (χ0) is 13.1. The Kier molecular flexibility index (Phi) is 4.53. The van der Waals surface area contributed by atoms with E-state index in [0.717, 1.165) is 13.1 Å². The molecule has 0 saturated carbocycles. The number of likely N-dealkylation sites (tertiary alicyclic amines) is 1. The Balaban J connectivity index is 2.68. The Morgan fingerprint density at radius 3 is 2.18 bits per heavy atom. The number of hydrogen-bond donors (Lipinski definition) is 1. The fourth-order valence-electron chi connectivity index (χ4n) is 2.20. The van der Waals surface area contributed by atoms with Gasteiger partial charge in [-0.2, -0.15) is 0 Å². The third-order valence-electron chi connectivity index (χ3n) is 3.41. The van der Waals surface area contributed by atoms with Gasteiger partial charge in [-0.1, -0.05) is 0 Å². The molecular formula is C13H23N3O. The van der Waals surface area contributed by atoms with E-state index < -0.39 is 5.54 Å². The lowest BCUT2D eigenvalue weighted by Crippen LogP contribution is -2.54. The largest absolute Gasteiger partial charge is 0.347 e. The molecule has 0 atom stereocenters. The molecule has 1 amide bonds. The van der Waals surface area contributed by atoms with Gasteiger partial charge in [0.1, 0.15) is 0 Å². The summed E-state index contributed by atoms with van der Waals surface area (Å²) in [5, 5.41) is 2.88. The smallest absolute Gasteiger partial charge is 0.311 e. The summed E-state index contributed by atoms with van der Waals surface area (Å²) in [4.78, 5) is 18.1. The molecule has 1 aliphatic heterocycles. The maximum absolute atomic E-state index is 12.1. The topological polar surface area (TPSA) is 36.7 Å². The Morgan fingerprint density at radius 2 is 1.82 bits per heavy atom. The molecule has 0 aromatic rings. The van der Waals surface area contributed by atoms with Crippen LogP contribution in [0.2, 0.25) is 0 Å². The Labute approximate surface area is 104 Å². The Hall–Kier alpha value is -1.08. The van der Waals surface area contributed by atoms with Crippen molar-refractivity contribution in [2.45, 2.75) is 58.2 Å². The number of piperidine rings is 1. The van der Waals surface area contributed by atoms with Crippen LogP contribution in [0.3, 0.4) is 0 Å². The van der Waals surface area contributed by atoms with Crippen LogP contribution in [-0.4, -0.2) is 41.5 Å². The van der Waals surface area contributed by atoms with Crippen molar-refractivity contribution in [3.63, 3.8) is 0 Å². The van der Waals surface area contributed by atoms with Crippen LogP contribution >= 0.6 is 0 Å². The summed E-state index contributed by atoms with van der Waals surface area (Å²) in [5.41, 5.74) is -0.824. The van der Waals surface area contributed by atoms with E-state index in [9.17, 15) is 4.79 Å². The first-order valence-electron chi connectivity index (χ1n) is 6.35. The standard InChI is InChI=1S/C13H23N3O/c1-10(2)15-12(17)13(14-5)6-8-16(9-7-13)11(3)4/h10-11H,6-9H2,1-4H3,(H,15,17). The lowest BCUT2D eigenvalue weighted by atomic mass is 9.86. The van der Waals surface area contributed by atoms with E-state index in [1.54, 1.807) is 0 Å². The highest BCUT2D eigenvalue weighted by Gasteiger charge is 2.48. The molecule has 96 valence electrons. The average molecular weight is 237 g/mol. The fraction of sp³-hybridized carbons (Fsp3) is 0.846. The molecule has 0 aliphatic carbocycles. The molecule has 0 aromatic heterocycles. The van der Waals surface area contributed by atoms with Crippen molar-refractivity contribution in [1.82, 2.24) is 10.2 Å². The van der Waals surface area contributed by atoms with E-state index >= 15 is 0 Å². The van der Waals surface area contributed by atoms with Gasteiger partial charge in [0.05, 0.1) is 0 Å². The van der Waals surface area contributed by atoms with E-state index in [1.807, 2.05) is 13.8 Å². The monoisotopic (exact) mass is 237 g/mol. The van der Waals surface area contributed by atoms with Crippen molar-refractivity contribution in [2.75, 3.05) is 13.1 Å². The molecule has 0 bridgehead atoms. The molecule has 1 N–H and O–H groups in total. The average Bonchev–Trinajstić information content (AvgIpc) is 2.28. The highest BCUT2D eigenvalue weighted by molar-refractivity contribution is 5.88. The van der Waals surface area contributed by atoms with Crippen LogP contribution in [0.5, 0.6) is 0 Å². The van der Waals surface area contributed by atoms with Gasteiger partial charge in [0.2, 0.25) is 0 Å². The van der Waals surface area contributed by atoms with Crippen LogP contribution in [0, 0.1) is 6.57 Å². The summed E-state index contributed by atoms with van der Waals surface area (Å²) in [5.74, 6) is -0.0918. The second kappa shape index (κ2) is 5.50. The van der Waals surface area contributed by atoms with Gasteiger partial charge in [-0.15, -0.1) is 0 Å². The van der Waals surface area contributed by atoms with E-state index in [0.29, 0.717) is 18.9 Å². The van der Waals surface area contributed by atoms with Crippen molar-refractivity contribution in [1.29, 1.82) is 0 Å². The summed E-state index contributed by atoms with van der Waals surface area (Å²) < 4.78 is 0. The zero-order valence-corrected chi connectivity index (χ0v) is 11.3. The van der Waals surface area contributed by atoms with E-state index in [4.69, 9.17) is 6.57 Å². The summed E-state index contributed by atoms with van der Waals surface area (Å²) in [7, 11) is 0.